The third-order valence-corrected chi connectivity index (χ3v) is 7.40. The summed E-state index contributed by atoms with van der Waals surface area (Å²) in [5, 5.41) is 0. The van der Waals surface area contributed by atoms with Crippen LogP contribution in [0.1, 0.15) is 54.2 Å². The van der Waals surface area contributed by atoms with E-state index in [1.54, 1.807) is 0 Å². The number of hydrogen-bond donors (Lipinski definition) is 0. The first-order valence-electron chi connectivity index (χ1n) is 11.8. The van der Waals surface area contributed by atoms with E-state index in [2.05, 4.69) is 48.3 Å². The molecule has 2 bridgehead atoms. The van der Waals surface area contributed by atoms with Crippen LogP contribution in [-0.4, -0.2) is 36.1 Å². The number of hydrogen-bond acceptors (Lipinski definition) is 3. The first-order chi connectivity index (χ1) is 15.7. The number of fused-ring (bicyclic) bond motifs is 2. The monoisotopic (exact) mass is 425 g/mol. The van der Waals surface area contributed by atoms with Gasteiger partial charge in [-0.1, -0.05) is 91.0 Å². The van der Waals surface area contributed by atoms with Crippen LogP contribution in [-0.2, 0) is 9.53 Å². The van der Waals surface area contributed by atoms with Crippen molar-refractivity contribution < 1.29 is 9.53 Å². The van der Waals surface area contributed by atoms with Crippen LogP contribution in [0.3, 0.4) is 0 Å². The van der Waals surface area contributed by atoms with E-state index in [1.165, 1.54) is 12.8 Å². The van der Waals surface area contributed by atoms with Gasteiger partial charge >= 0.3 is 5.97 Å². The summed E-state index contributed by atoms with van der Waals surface area (Å²) in [6.45, 7) is 0. The van der Waals surface area contributed by atoms with E-state index in [4.69, 9.17) is 4.74 Å². The Bertz CT molecular complexity index is 967. The minimum Gasteiger partial charge on any atom is -0.462 e. The van der Waals surface area contributed by atoms with Crippen LogP contribution in [0.25, 0.3) is 0 Å². The SMILES string of the molecule is CN1C2CCC1CC(OC(=O)C(c1ccccc1)C(c1ccccc1)c1ccccc1)C2. The molecular weight excluding hydrogens is 394 g/mol. The molecule has 3 nitrogen and oxygen atoms in total. The molecule has 2 heterocycles. The zero-order valence-corrected chi connectivity index (χ0v) is 18.6. The summed E-state index contributed by atoms with van der Waals surface area (Å²) >= 11 is 0. The molecule has 3 unspecified atom stereocenters. The Hall–Kier alpha value is -2.91. The highest BCUT2D eigenvalue weighted by atomic mass is 16.5. The third kappa shape index (κ3) is 4.22. The molecule has 2 aliphatic rings. The molecule has 2 saturated heterocycles. The Morgan fingerprint density at radius 3 is 1.66 bits per heavy atom. The normalized spacial score (nSPS) is 23.8. The number of esters is 1. The Labute approximate surface area is 191 Å². The molecule has 0 radical (unpaired) electrons. The van der Waals surface area contributed by atoms with Crippen LogP contribution in [0.2, 0.25) is 0 Å². The lowest BCUT2D eigenvalue weighted by Gasteiger charge is -2.37. The number of carbonyl (C=O) groups excluding carboxylic acids is 1. The van der Waals surface area contributed by atoms with Crippen molar-refractivity contribution in [3.8, 4) is 0 Å². The molecule has 3 aromatic carbocycles. The number of ether oxygens (including phenoxy) is 1. The molecule has 5 rings (SSSR count). The molecule has 2 fully saturated rings. The predicted octanol–water partition coefficient (Wildman–Crippen LogP) is 5.77. The molecule has 3 heteroatoms. The van der Waals surface area contributed by atoms with Gasteiger partial charge in [-0.25, -0.2) is 0 Å². The van der Waals surface area contributed by atoms with Crippen LogP contribution >= 0.6 is 0 Å². The molecule has 3 aromatic rings. The van der Waals surface area contributed by atoms with E-state index < -0.39 is 5.92 Å². The molecule has 0 saturated carbocycles. The van der Waals surface area contributed by atoms with Crippen molar-refractivity contribution in [1.82, 2.24) is 4.90 Å². The molecule has 2 aliphatic heterocycles. The van der Waals surface area contributed by atoms with Gasteiger partial charge in [0.1, 0.15) is 6.10 Å². The fourth-order valence-electron chi connectivity index (χ4n) is 5.72. The number of carbonyl (C=O) groups is 1. The fraction of sp³-hybridized carbons (Fsp3) is 0.345. The predicted molar refractivity (Wildman–Crippen MR) is 128 cm³/mol. The van der Waals surface area contributed by atoms with E-state index >= 15 is 0 Å². The zero-order valence-electron chi connectivity index (χ0n) is 18.6. The van der Waals surface area contributed by atoms with Gasteiger partial charge in [0.05, 0.1) is 5.92 Å². The topological polar surface area (TPSA) is 29.5 Å². The molecule has 0 aliphatic carbocycles. The van der Waals surface area contributed by atoms with Crippen molar-refractivity contribution in [2.75, 3.05) is 7.05 Å². The average Bonchev–Trinajstić information content (AvgIpc) is 3.04. The largest absolute Gasteiger partial charge is 0.462 e. The number of piperidine rings is 1. The van der Waals surface area contributed by atoms with Crippen molar-refractivity contribution in [3.05, 3.63) is 108 Å². The first-order valence-corrected chi connectivity index (χ1v) is 11.8. The van der Waals surface area contributed by atoms with Crippen molar-refractivity contribution in [3.63, 3.8) is 0 Å². The standard InChI is InChI=1S/C29H31NO2/c1-30-24-17-18-25(30)20-26(19-24)32-29(31)28(23-15-9-4-10-16-23)27(21-11-5-2-6-12-21)22-13-7-3-8-14-22/h2-16,24-28H,17-20H2,1H3. The van der Waals surface area contributed by atoms with E-state index in [-0.39, 0.29) is 18.0 Å². The summed E-state index contributed by atoms with van der Waals surface area (Å²) in [5.74, 6) is -0.601. The zero-order chi connectivity index (χ0) is 21.9. The molecule has 0 N–H and O–H groups in total. The summed E-state index contributed by atoms with van der Waals surface area (Å²) in [6.07, 6.45) is 4.33. The Morgan fingerprint density at radius 2 is 1.19 bits per heavy atom. The van der Waals surface area contributed by atoms with Gasteiger partial charge in [-0.2, -0.15) is 0 Å². The van der Waals surface area contributed by atoms with Crippen LogP contribution in [0.5, 0.6) is 0 Å². The maximum Gasteiger partial charge on any atom is 0.314 e. The van der Waals surface area contributed by atoms with Gasteiger partial charge in [0.15, 0.2) is 0 Å². The quantitative estimate of drug-likeness (QED) is 0.470. The first kappa shape index (κ1) is 21.0. The van der Waals surface area contributed by atoms with Gasteiger partial charge in [-0.15, -0.1) is 0 Å². The fourth-order valence-corrected chi connectivity index (χ4v) is 5.72. The van der Waals surface area contributed by atoms with Crippen molar-refractivity contribution in [2.24, 2.45) is 0 Å². The summed E-state index contributed by atoms with van der Waals surface area (Å²) in [7, 11) is 2.22. The van der Waals surface area contributed by atoms with Crippen LogP contribution < -0.4 is 0 Å². The second kappa shape index (κ2) is 9.30. The van der Waals surface area contributed by atoms with Crippen LogP contribution in [0, 0.1) is 0 Å². The molecular formula is C29H31NO2. The maximum absolute atomic E-state index is 13.9. The molecule has 164 valence electrons. The minimum absolute atomic E-state index is 0.00890. The summed E-state index contributed by atoms with van der Waals surface area (Å²) in [4.78, 5) is 16.4. The van der Waals surface area contributed by atoms with Crippen LogP contribution in [0.4, 0.5) is 0 Å². The molecule has 0 amide bonds. The van der Waals surface area contributed by atoms with E-state index in [9.17, 15) is 4.79 Å². The van der Waals surface area contributed by atoms with E-state index in [0.717, 1.165) is 29.5 Å². The lowest BCUT2D eigenvalue weighted by molar-refractivity contribution is -0.154. The van der Waals surface area contributed by atoms with Crippen LogP contribution in [0.15, 0.2) is 91.0 Å². The van der Waals surface area contributed by atoms with Gasteiger partial charge in [0.25, 0.3) is 0 Å². The molecule has 0 aromatic heterocycles. The summed E-state index contributed by atoms with van der Waals surface area (Å²) < 4.78 is 6.30. The van der Waals surface area contributed by atoms with Crippen molar-refractivity contribution >= 4 is 5.97 Å². The van der Waals surface area contributed by atoms with Gasteiger partial charge in [0, 0.05) is 18.0 Å². The molecule has 0 spiro atoms. The van der Waals surface area contributed by atoms with Gasteiger partial charge in [-0.05, 0) is 49.4 Å². The smallest absolute Gasteiger partial charge is 0.314 e. The molecule has 3 atom stereocenters. The van der Waals surface area contributed by atoms with Gasteiger partial charge in [-0.3, -0.25) is 4.79 Å². The lowest BCUT2D eigenvalue weighted by Crippen LogP contribution is -2.44. The van der Waals surface area contributed by atoms with E-state index in [1.807, 2.05) is 54.6 Å². The van der Waals surface area contributed by atoms with Crippen molar-refractivity contribution in [2.45, 2.75) is 55.7 Å². The second-order valence-electron chi connectivity index (χ2n) is 9.27. The summed E-state index contributed by atoms with van der Waals surface area (Å²) in [6, 6.07) is 32.0. The second-order valence-corrected chi connectivity index (χ2v) is 9.27. The Kier molecular flexibility index (Phi) is 6.09. The highest BCUT2D eigenvalue weighted by Gasteiger charge is 2.41. The number of benzene rings is 3. The third-order valence-electron chi connectivity index (χ3n) is 7.40. The highest BCUT2D eigenvalue weighted by Crippen LogP contribution is 2.41. The van der Waals surface area contributed by atoms with Gasteiger partial charge < -0.3 is 9.64 Å². The lowest BCUT2D eigenvalue weighted by atomic mass is 9.77. The summed E-state index contributed by atoms with van der Waals surface area (Å²) in [5.41, 5.74) is 3.27. The van der Waals surface area contributed by atoms with Crippen molar-refractivity contribution in [1.29, 1.82) is 0 Å². The Morgan fingerprint density at radius 1 is 0.750 bits per heavy atom. The highest BCUT2D eigenvalue weighted by molar-refractivity contribution is 5.80. The number of nitrogens with zero attached hydrogens (tertiary/aromatic N) is 1. The maximum atomic E-state index is 13.9. The number of rotatable bonds is 6. The molecule has 32 heavy (non-hydrogen) atoms. The minimum atomic E-state index is -0.390. The van der Waals surface area contributed by atoms with E-state index in [0.29, 0.717) is 12.1 Å². The Balaban J connectivity index is 1.50. The van der Waals surface area contributed by atoms with Gasteiger partial charge in [0.2, 0.25) is 0 Å². The average molecular weight is 426 g/mol.